The van der Waals surface area contributed by atoms with E-state index in [-0.39, 0.29) is 11.9 Å². The van der Waals surface area contributed by atoms with Gasteiger partial charge in [-0.3, -0.25) is 9.69 Å². The maximum Gasteiger partial charge on any atom is 0.237 e. The molecule has 0 aliphatic carbocycles. The number of rotatable bonds is 4. The fourth-order valence-electron chi connectivity index (χ4n) is 3.17. The standard InChI is InChI=1S/C19H25N3O3/c1-11-9-17(24-5)12(2)8-15(11)19-21-16(14(4)25-19)10-22-7-6-20-18(23)13(22)3/h8-9,13H,6-7,10H2,1-5H3,(H,20,23)/t13-/m0/s1. The maximum atomic E-state index is 11.8. The number of piperazine rings is 1. The highest BCUT2D eigenvalue weighted by molar-refractivity contribution is 5.82. The number of hydrogen-bond acceptors (Lipinski definition) is 5. The Morgan fingerprint density at radius 1 is 1.32 bits per heavy atom. The molecule has 6 heteroatoms. The van der Waals surface area contributed by atoms with Gasteiger partial charge in [0.25, 0.3) is 0 Å². The molecule has 6 nitrogen and oxygen atoms in total. The molecular formula is C19H25N3O3. The van der Waals surface area contributed by atoms with Crippen molar-refractivity contribution in [1.29, 1.82) is 0 Å². The van der Waals surface area contributed by atoms with Crippen molar-refractivity contribution in [3.8, 4) is 17.2 Å². The molecule has 1 aliphatic rings. The number of oxazole rings is 1. The number of nitrogens with zero attached hydrogens (tertiary/aromatic N) is 2. The average molecular weight is 343 g/mol. The Kier molecular flexibility index (Phi) is 4.81. The van der Waals surface area contributed by atoms with Crippen LogP contribution in [-0.2, 0) is 11.3 Å². The van der Waals surface area contributed by atoms with E-state index in [0.717, 1.165) is 40.4 Å². The molecule has 134 valence electrons. The van der Waals surface area contributed by atoms with E-state index in [2.05, 4.69) is 10.2 Å². The van der Waals surface area contributed by atoms with E-state index in [1.165, 1.54) is 0 Å². The molecule has 0 bridgehead atoms. The van der Waals surface area contributed by atoms with Gasteiger partial charge < -0.3 is 14.5 Å². The number of carbonyl (C=O) groups excluding carboxylic acids is 1. The SMILES string of the molecule is COc1cc(C)c(-c2nc(CN3CCNC(=O)[C@@H]3C)c(C)o2)cc1C. The van der Waals surface area contributed by atoms with E-state index in [9.17, 15) is 4.79 Å². The minimum Gasteiger partial charge on any atom is -0.496 e. The number of aryl methyl sites for hydroxylation is 3. The van der Waals surface area contributed by atoms with Crippen molar-refractivity contribution >= 4 is 5.91 Å². The van der Waals surface area contributed by atoms with E-state index in [0.29, 0.717) is 19.0 Å². The minimum atomic E-state index is -0.154. The summed E-state index contributed by atoms with van der Waals surface area (Å²) in [6, 6.07) is 3.89. The predicted molar refractivity (Wildman–Crippen MR) is 95.6 cm³/mol. The van der Waals surface area contributed by atoms with Crippen LogP contribution >= 0.6 is 0 Å². The molecule has 2 heterocycles. The molecule has 1 aromatic heterocycles. The third kappa shape index (κ3) is 3.39. The molecule has 0 unspecified atom stereocenters. The summed E-state index contributed by atoms with van der Waals surface area (Å²) in [5, 5.41) is 2.88. The van der Waals surface area contributed by atoms with Crippen LogP contribution in [0, 0.1) is 20.8 Å². The molecule has 1 amide bonds. The minimum absolute atomic E-state index is 0.0641. The molecule has 1 aliphatic heterocycles. The fraction of sp³-hybridized carbons (Fsp3) is 0.474. The molecular weight excluding hydrogens is 318 g/mol. The Labute approximate surface area is 148 Å². The lowest BCUT2D eigenvalue weighted by atomic mass is 10.0. The fourth-order valence-corrected chi connectivity index (χ4v) is 3.17. The van der Waals surface area contributed by atoms with Crippen molar-refractivity contribution in [2.24, 2.45) is 0 Å². The van der Waals surface area contributed by atoms with Gasteiger partial charge in [-0.1, -0.05) is 0 Å². The van der Waals surface area contributed by atoms with Crippen LogP contribution in [0.2, 0.25) is 0 Å². The summed E-state index contributed by atoms with van der Waals surface area (Å²) in [6.07, 6.45) is 0. The van der Waals surface area contributed by atoms with Gasteiger partial charge in [-0.2, -0.15) is 0 Å². The molecule has 0 saturated carbocycles. The number of nitrogens with one attached hydrogen (secondary N) is 1. The van der Waals surface area contributed by atoms with Crippen molar-refractivity contribution in [2.75, 3.05) is 20.2 Å². The zero-order valence-corrected chi connectivity index (χ0v) is 15.5. The van der Waals surface area contributed by atoms with Crippen LogP contribution in [0.15, 0.2) is 16.5 Å². The highest BCUT2D eigenvalue weighted by Crippen LogP contribution is 2.31. The monoisotopic (exact) mass is 343 g/mol. The van der Waals surface area contributed by atoms with E-state index in [4.69, 9.17) is 14.1 Å². The second-order valence-corrected chi connectivity index (χ2v) is 6.60. The number of benzene rings is 1. The summed E-state index contributed by atoms with van der Waals surface area (Å²) in [4.78, 5) is 18.7. The first kappa shape index (κ1) is 17.5. The van der Waals surface area contributed by atoms with Crippen LogP contribution in [0.1, 0.15) is 29.5 Å². The summed E-state index contributed by atoms with van der Waals surface area (Å²) in [7, 11) is 1.67. The van der Waals surface area contributed by atoms with Gasteiger partial charge in [0.1, 0.15) is 11.5 Å². The van der Waals surface area contributed by atoms with Gasteiger partial charge in [0, 0.05) is 25.2 Å². The topological polar surface area (TPSA) is 67.6 Å². The maximum absolute atomic E-state index is 11.8. The van der Waals surface area contributed by atoms with E-state index in [1.54, 1.807) is 7.11 Å². The third-order valence-electron chi connectivity index (χ3n) is 4.84. The molecule has 3 rings (SSSR count). The van der Waals surface area contributed by atoms with Gasteiger partial charge in [0.2, 0.25) is 11.8 Å². The second-order valence-electron chi connectivity index (χ2n) is 6.60. The summed E-state index contributed by atoms with van der Waals surface area (Å²) >= 11 is 0. The van der Waals surface area contributed by atoms with Crippen molar-refractivity contribution in [3.63, 3.8) is 0 Å². The highest BCUT2D eigenvalue weighted by Gasteiger charge is 2.27. The van der Waals surface area contributed by atoms with Crippen LogP contribution in [0.25, 0.3) is 11.5 Å². The first-order valence-corrected chi connectivity index (χ1v) is 8.54. The number of ether oxygens (including phenoxy) is 1. The second kappa shape index (κ2) is 6.88. The summed E-state index contributed by atoms with van der Waals surface area (Å²) in [6.45, 7) is 9.96. The van der Waals surface area contributed by atoms with Gasteiger partial charge in [0.05, 0.1) is 18.8 Å². The Bertz CT molecular complexity index is 797. The van der Waals surface area contributed by atoms with Gasteiger partial charge >= 0.3 is 0 Å². The van der Waals surface area contributed by atoms with Crippen molar-refractivity contribution in [2.45, 2.75) is 40.3 Å². The van der Waals surface area contributed by atoms with Crippen molar-refractivity contribution < 1.29 is 13.9 Å². The highest BCUT2D eigenvalue weighted by atomic mass is 16.5. The van der Waals surface area contributed by atoms with Crippen molar-refractivity contribution in [3.05, 3.63) is 34.7 Å². The molecule has 2 aromatic rings. The number of carbonyl (C=O) groups is 1. The van der Waals surface area contributed by atoms with Crippen LogP contribution in [0.4, 0.5) is 0 Å². The van der Waals surface area contributed by atoms with Crippen LogP contribution in [0.3, 0.4) is 0 Å². The van der Waals surface area contributed by atoms with Crippen LogP contribution in [-0.4, -0.2) is 42.0 Å². The van der Waals surface area contributed by atoms with Crippen LogP contribution < -0.4 is 10.1 Å². The normalized spacial score (nSPS) is 18.3. The molecule has 0 radical (unpaired) electrons. The molecule has 1 saturated heterocycles. The third-order valence-corrected chi connectivity index (χ3v) is 4.84. The summed E-state index contributed by atoms with van der Waals surface area (Å²) in [5.41, 5.74) is 3.95. The lowest BCUT2D eigenvalue weighted by molar-refractivity contribution is -0.128. The summed E-state index contributed by atoms with van der Waals surface area (Å²) in [5.74, 6) is 2.33. The average Bonchev–Trinajstić information content (AvgIpc) is 2.94. The number of amides is 1. The number of hydrogen-bond donors (Lipinski definition) is 1. The first-order valence-electron chi connectivity index (χ1n) is 8.54. The molecule has 1 fully saturated rings. The van der Waals surface area contributed by atoms with Gasteiger partial charge in [0.15, 0.2) is 0 Å². The van der Waals surface area contributed by atoms with E-state index in [1.807, 2.05) is 39.8 Å². The predicted octanol–water partition coefficient (Wildman–Crippen LogP) is 2.60. The van der Waals surface area contributed by atoms with Gasteiger partial charge in [-0.15, -0.1) is 0 Å². The summed E-state index contributed by atoms with van der Waals surface area (Å²) < 4.78 is 11.3. The zero-order chi connectivity index (χ0) is 18.1. The Morgan fingerprint density at radius 3 is 2.80 bits per heavy atom. The van der Waals surface area contributed by atoms with Crippen molar-refractivity contribution in [1.82, 2.24) is 15.2 Å². The van der Waals surface area contributed by atoms with E-state index < -0.39 is 0 Å². The Balaban J connectivity index is 1.88. The molecule has 1 aromatic carbocycles. The molecule has 25 heavy (non-hydrogen) atoms. The van der Waals surface area contributed by atoms with E-state index >= 15 is 0 Å². The zero-order valence-electron chi connectivity index (χ0n) is 15.5. The molecule has 1 atom stereocenters. The lowest BCUT2D eigenvalue weighted by Crippen LogP contribution is -2.53. The quantitative estimate of drug-likeness (QED) is 0.924. The lowest BCUT2D eigenvalue weighted by Gasteiger charge is -2.32. The van der Waals surface area contributed by atoms with Gasteiger partial charge in [-0.25, -0.2) is 4.98 Å². The molecule has 1 N–H and O–H groups in total. The Hall–Kier alpha value is -2.34. The van der Waals surface area contributed by atoms with Gasteiger partial charge in [-0.05, 0) is 51.0 Å². The largest absolute Gasteiger partial charge is 0.496 e. The first-order chi connectivity index (χ1) is 11.9. The Morgan fingerprint density at radius 2 is 2.08 bits per heavy atom. The van der Waals surface area contributed by atoms with Crippen LogP contribution in [0.5, 0.6) is 5.75 Å². The number of aromatic nitrogens is 1. The smallest absolute Gasteiger partial charge is 0.237 e. The molecule has 0 spiro atoms. The number of methoxy groups -OCH3 is 1.